The molecule has 0 aliphatic rings. The molecule has 2 aromatic heterocycles. The van der Waals surface area contributed by atoms with Crippen LogP contribution < -0.4 is 10.1 Å². The van der Waals surface area contributed by atoms with Crippen LogP contribution in [0.3, 0.4) is 0 Å². The summed E-state index contributed by atoms with van der Waals surface area (Å²) in [7, 11) is 0. The maximum Gasteiger partial charge on any atom is 0.406 e. The highest BCUT2D eigenvalue weighted by molar-refractivity contribution is 5.43. The van der Waals surface area contributed by atoms with E-state index in [9.17, 15) is 10.1 Å². The van der Waals surface area contributed by atoms with Gasteiger partial charge in [-0.3, -0.25) is 4.98 Å². The zero-order chi connectivity index (χ0) is 15.2. The van der Waals surface area contributed by atoms with Gasteiger partial charge in [-0.25, -0.2) is 0 Å². The van der Waals surface area contributed by atoms with Crippen LogP contribution in [0.1, 0.15) is 18.3 Å². The van der Waals surface area contributed by atoms with Crippen LogP contribution in [-0.4, -0.2) is 21.4 Å². The Morgan fingerprint density at radius 3 is 2.90 bits per heavy atom. The number of aromatic nitrogens is 2. The Bertz CT molecular complexity index is 646. The lowest BCUT2D eigenvalue weighted by atomic mass is 10.3. The zero-order valence-corrected chi connectivity index (χ0v) is 11.9. The molecule has 0 radical (unpaired) electrons. The van der Waals surface area contributed by atoms with Crippen molar-refractivity contribution in [1.82, 2.24) is 9.97 Å². The highest BCUT2D eigenvalue weighted by Crippen LogP contribution is 2.25. The van der Waals surface area contributed by atoms with E-state index in [4.69, 9.17) is 4.74 Å². The third-order valence-corrected chi connectivity index (χ3v) is 2.72. The highest BCUT2D eigenvalue weighted by atomic mass is 16.6. The van der Waals surface area contributed by atoms with Crippen molar-refractivity contribution in [1.29, 1.82) is 0 Å². The molecular formula is C14H16N4O3. The molecule has 0 atom stereocenters. The first-order valence-corrected chi connectivity index (χ1v) is 6.53. The van der Waals surface area contributed by atoms with Crippen molar-refractivity contribution >= 4 is 11.5 Å². The summed E-state index contributed by atoms with van der Waals surface area (Å²) >= 11 is 0. The van der Waals surface area contributed by atoms with Crippen molar-refractivity contribution in [2.75, 3.05) is 11.9 Å². The van der Waals surface area contributed by atoms with Crippen LogP contribution >= 0.6 is 0 Å². The molecule has 0 aliphatic carbocycles. The number of aryl methyl sites for hydroxylation is 1. The van der Waals surface area contributed by atoms with Gasteiger partial charge in [0.1, 0.15) is 12.3 Å². The third-order valence-electron chi connectivity index (χ3n) is 2.72. The lowest BCUT2D eigenvalue weighted by Gasteiger charge is -2.08. The fourth-order valence-corrected chi connectivity index (χ4v) is 1.80. The normalized spacial score (nSPS) is 10.2. The van der Waals surface area contributed by atoms with Crippen molar-refractivity contribution in [3.63, 3.8) is 0 Å². The van der Waals surface area contributed by atoms with E-state index in [0.29, 0.717) is 11.4 Å². The van der Waals surface area contributed by atoms with E-state index in [1.165, 1.54) is 0 Å². The number of hydrogen-bond donors (Lipinski definition) is 1. The van der Waals surface area contributed by atoms with Crippen molar-refractivity contribution in [2.45, 2.75) is 20.5 Å². The Balaban J connectivity index is 2.13. The van der Waals surface area contributed by atoms with Gasteiger partial charge in [0.05, 0.1) is 5.69 Å². The number of nitro groups is 1. The average Bonchev–Trinajstić information content (AvgIpc) is 2.46. The van der Waals surface area contributed by atoms with Crippen LogP contribution in [0.25, 0.3) is 0 Å². The van der Waals surface area contributed by atoms with E-state index in [1.807, 2.05) is 19.1 Å². The smallest absolute Gasteiger partial charge is 0.406 e. The molecule has 0 saturated carbocycles. The molecule has 0 spiro atoms. The number of pyridine rings is 2. The Hall–Kier alpha value is -2.70. The molecular weight excluding hydrogens is 272 g/mol. The molecule has 21 heavy (non-hydrogen) atoms. The van der Waals surface area contributed by atoms with Gasteiger partial charge in [0, 0.05) is 25.4 Å². The Morgan fingerprint density at radius 1 is 1.38 bits per heavy atom. The summed E-state index contributed by atoms with van der Waals surface area (Å²) in [6.07, 6.45) is 1.67. The molecule has 0 unspecified atom stereocenters. The van der Waals surface area contributed by atoms with Crippen LogP contribution in [0, 0.1) is 17.0 Å². The van der Waals surface area contributed by atoms with Crippen LogP contribution in [0.15, 0.2) is 30.5 Å². The summed E-state index contributed by atoms with van der Waals surface area (Å²) in [5.74, 6) is -0.140. The average molecular weight is 288 g/mol. The maximum absolute atomic E-state index is 11.0. The Kier molecular flexibility index (Phi) is 4.65. The summed E-state index contributed by atoms with van der Waals surface area (Å²) < 4.78 is 5.48. The van der Waals surface area contributed by atoms with Gasteiger partial charge in [0.2, 0.25) is 5.75 Å². The van der Waals surface area contributed by atoms with Gasteiger partial charge in [-0.05, 0) is 41.1 Å². The lowest BCUT2D eigenvalue weighted by molar-refractivity contribution is -0.390. The molecule has 1 N–H and O–H groups in total. The van der Waals surface area contributed by atoms with Gasteiger partial charge < -0.3 is 20.2 Å². The van der Waals surface area contributed by atoms with E-state index >= 15 is 0 Å². The predicted molar refractivity (Wildman–Crippen MR) is 78.4 cm³/mol. The molecule has 110 valence electrons. The van der Waals surface area contributed by atoms with Crippen molar-refractivity contribution in [3.8, 4) is 5.75 Å². The Labute approximate surface area is 122 Å². The standard InChI is InChI=1S/C14H16N4O3/c1-3-15-11-6-7-16-12(8-11)9-21-13-5-4-10(2)17-14(13)18(19)20/h4-8H,3,9H2,1-2H3,(H,15,16). The Morgan fingerprint density at radius 2 is 2.19 bits per heavy atom. The van der Waals surface area contributed by atoms with Crippen LogP contribution in [-0.2, 0) is 6.61 Å². The topological polar surface area (TPSA) is 90.2 Å². The summed E-state index contributed by atoms with van der Waals surface area (Å²) in [6.45, 7) is 4.64. The number of rotatable bonds is 6. The molecule has 0 fully saturated rings. The first-order chi connectivity index (χ1) is 10.1. The molecule has 2 rings (SSSR count). The van der Waals surface area contributed by atoms with Crippen molar-refractivity contribution in [2.24, 2.45) is 0 Å². The lowest BCUT2D eigenvalue weighted by Crippen LogP contribution is -2.04. The van der Waals surface area contributed by atoms with E-state index in [-0.39, 0.29) is 18.2 Å². The minimum Gasteiger partial charge on any atom is -0.479 e. The number of hydrogen-bond acceptors (Lipinski definition) is 6. The van der Waals surface area contributed by atoms with Gasteiger partial charge >= 0.3 is 5.82 Å². The van der Waals surface area contributed by atoms with Crippen LogP contribution in [0.2, 0.25) is 0 Å². The minimum atomic E-state index is -0.551. The largest absolute Gasteiger partial charge is 0.479 e. The summed E-state index contributed by atoms with van der Waals surface area (Å²) in [4.78, 5) is 18.5. The second-order valence-corrected chi connectivity index (χ2v) is 4.39. The SMILES string of the molecule is CCNc1ccnc(COc2ccc(C)nc2[N+](=O)[O-])c1. The number of nitrogens with one attached hydrogen (secondary N) is 1. The molecule has 0 amide bonds. The minimum absolute atomic E-state index is 0.140. The second kappa shape index (κ2) is 6.65. The zero-order valence-electron chi connectivity index (χ0n) is 11.9. The number of nitrogens with zero attached hydrogens (tertiary/aromatic N) is 3. The van der Waals surface area contributed by atoms with Crippen molar-refractivity contribution < 1.29 is 9.66 Å². The first-order valence-electron chi connectivity index (χ1n) is 6.53. The quantitative estimate of drug-likeness (QED) is 0.649. The van der Waals surface area contributed by atoms with Gasteiger partial charge in [-0.2, -0.15) is 0 Å². The van der Waals surface area contributed by atoms with Gasteiger partial charge in [-0.15, -0.1) is 0 Å². The molecule has 0 bridgehead atoms. The van der Waals surface area contributed by atoms with E-state index in [1.54, 1.807) is 25.3 Å². The maximum atomic E-state index is 11.0. The van der Waals surface area contributed by atoms with Gasteiger partial charge in [0.25, 0.3) is 0 Å². The molecule has 2 heterocycles. The second-order valence-electron chi connectivity index (χ2n) is 4.39. The van der Waals surface area contributed by atoms with E-state index in [0.717, 1.165) is 12.2 Å². The van der Waals surface area contributed by atoms with Crippen molar-refractivity contribution in [3.05, 3.63) is 52.0 Å². The van der Waals surface area contributed by atoms with E-state index < -0.39 is 4.92 Å². The third kappa shape index (κ3) is 3.88. The number of ether oxygens (including phenoxy) is 1. The fraction of sp³-hybridized carbons (Fsp3) is 0.286. The fourth-order valence-electron chi connectivity index (χ4n) is 1.80. The van der Waals surface area contributed by atoms with Crippen LogP contribution in [0.5, 0.6) is 5.75 Å². The van der Waals surface area contributed by atoms with Crippen LogP contribution in [0.4, 0.5) is 11.5 Å². The first kappa shape index (κ1) is 14.7. The molecule has 0 aromatic carbocycles. The molecule has 2 aromatic rings. The number of anilines is 1. The summed E-state index contributed by atoms with van der Waals surface area (Å²) in [5.41, 5.74) is 2.19. The van der Waals surface area contributed by atoms with Gasteiger partial charge in [-0.1, -0.05) is 0 Å². The molecule has 0 saturated heterocycles. The highest BCUT2D eigenvalue weighted by Gasteiger charge is 2.17. The molecule has 7 nitrogen and oxygen atoms in total. The summed E-state index contributed by atoms with van der Waals surface area (Å²) in [5, 5.41) is 14.1. The summed E-state index contributed by atoms with van der Waals surface area (Å²) in [6, 6.07) is 6.92. The van der Waals surface area contributed by atoms with E-state index in [2.05, 4.69) is 15.3 Å². The molecule has 0 aliphatic heterocycles. The van der Waals surface area contributed by atoms with Gasteiger partial charge in [0.15, 0.2) is 0 Å². The molecule has 7 heteroatoms. The predicted octanol–water partition coefficient (Wildman–Crippen LogP) is 2.70. The monoisotopic (exact) mass is 288 g/mol.